The van der Waals surface area contributed by atoms with Crippen molar-refractivity contribution >= 4 is 40.6 Å². The number of aliphatic hydroxyl groups excluding tert-OH is 1. The Bertz CT molecular complexity index is 3130. The van der Waals surface area contributed by atoms with Crippen LogP contribution in [0.15, 0.2) is 79.4 Å². The highest BCUT2D eigenvalue weighted by molar-refractivity contribution is 6.05. The van der Waals surface area contributed by atoms with Crippen molar-refractivity contribution in [2.24, 2.45) is 0 Å². The van der Waals surface area contributed by atoms with Gasteiger partial charge in [-0.2, -0.15) is 9.61 Å². The lowest BCUT2D eigenvalue weighted by Gasteiger charge is -2.36. The maximum absolute atomic E-state index is 15.1. The minimum absolute atomic E-state index is 0.0202. The van der Waals surface area contributed by atoms with Gasteiger partial charge in [-0.1, -0.05) is 25.1 Å². The van der Waals surface area contributed by atoms with E-state index in [9.17, 15) is 19.1 Å². The number of benzene rings is 2. The Morgan fingerprint density at radius 1 is 0.914 bits per heavy atom. The number of carbonyl (C=O) groups is 2. The van der Waals surface area contributed by atoms with Gasteiger partial charge in [0.25, 0.3) is 5.91 Å². The molecule has 19 nitrogen and oxygen atoms in total. The summed E-state index contributed by atoms with van der Waals surface area (Å²) in [6, 6.07) is 13.4. The molecular weight excluding hydrogens is 1030 g/mol. The molecule has 0 unspecified atom stereocenters. The van der Waals surface area contributed by atoms with Crippen LogP contribution in [0.2, 0.25) is 0 Å². The van der Waals surface area contributed by atoms with Crippen LogP contribution in [0, 0.1) is 18.6 Å². The van der Waals surface area contributed by atoms with Gasteiger partial charge in [-0.3, -0.25) is 9.59 Å². The minimum Gasteiger partial charge on any atom is -0.486 e. The van der Waals surface area contributed by atoms with E-state index < -0.39 is 17.5 Å². The van der Waals surface area contributed by atoms with Crippen LogP contribution in [0.3, 0.4) is 0 Å². The molecule has 81 heavy (non-hydrogen) atoms. The van der Waals surface area contributed by atoms with Crippen molar-refractivity contribution in [3.63, 3.8) is 0 Å². The van der Waals surface area contributed by atoms with Gasteiger partial charge in [0, 0.05) is 113 Å². The van der Waals surface area contributed by atoms with E-state index in [1.54, 1.807) is 32.3 Å². The van der Waals surface area contributed by atoms with E-state index in [0.29, 0.717) is 42.6 Å². The molecule has 2 amide bonds. The summed E-state index contributed by atoms with van der Waals surface area (Å²) in [5.41, 5.74) is 11.0. The number of nitrogen functional groups attached to an aromatic ring is 1. The Balaban J connectivity index is 0.660. The fraction of sp³-hybridized carbons (Fsp3) is 0.483. The summed E-state index contributed by atoms with van der Waals surface area (Å²) in [5, 5.41) is 20.8. The highest BCUT2D eigenvalue weighted by atomic mass is 19.1. The number of carbonyl (C=O) groups excluding carboxylic acids is 2. The largest absolute Gasteiger partial charge is 0.486 e. The van der Waals surface area contributed by atoms with Crippen LogP contribution in [0.5, 0.6) is 11.6 Å². The number of hydrogen-bond donors (Lipinski definition) is 4. The third-order valence-electron chi connectivity index (χ3n) is 15.7. The molecule has 6 aromatic rings. The molecule has 9 rings (SSSR count). The van der Waals surface area contributed by atoms with Crippen molar-refractivity contribution < 1.29 is 33.0 Å². The summed E-state index contributed by atoms with van der Waals surface area (Å²) in [6.45, 7) is 13.7. The molecule has 1 saturated carbocycles. The molecule has 0 radical (unpaired) electrons. The summed E-state index contributed by atoms with van der Waals surface area (Å²) in [6.07, 6.45) is 17.1. The first kappa shape index (κ1) is 58.3. The predicted octanol–water partition coefficient (Wildman–Crippen LogP) is 7.60. The van der Waals surface area contributed by atoms with Crippen LogP contribution >= 0.6 is 0 Å². The lowest BCUT2D eigenvalue weighted by atomic mass is 9.99. The average molecular weight is 1110 g/mol. The van der Waals surface area contributed by atoms with Crippen molar-refractivity contribution in [1.82, 2.24) is 49.1 Å². The van der Waals surface area contributed by atoms with Crippen molar-refractivity contribution in [2.45, 2.75) is 90.1 Å². The number of pyridine rings is 1. The zero-order valence-electron chi connectivity index (χ0n) is 47.3. The number of hydrogen-bond acceptors (Lipinski definition) is 16. The van der Waals surface area contributed by atoms with Gasteiger partial charge in [0.15, 0.2) is 17.2 Å². The number of aromatic nitrogens is 6. The molecular formula is C60H78F2N14O5. The summed E-state index contributed by atoms with van der Waals surface area (Å²) in [7, 11) is 3.73. The van der Waals surface area contributed by atoms with Gasteiger partial charge in [-0.15, -0.1) is 0 Å². The van der Waals surface area contributed by atoms with Gasteiger partial charge in [-0.25, -0.2) is 28.7 Å². The summed E-state index contributed by atoms with van der Waals surface area (Å²) >= 11 is 0. The van der Waals surface area contributed by atoms with Crippen LogP contribution < -0.4 is 30.7 Å². The molecule has 6 heterocycles. The van der Waals surface area contributed by atoms with Crippen LogP contribution in [0.25, 0.3) is 16.9 Å². The Kier molecular flexibility index (Phi) is 20.1. The smallest absolute Gasteiger partial charge is 0.258 e. The number of halogens is 2. The lowest BCUT2D eigenvalue weighted by Crippen LogP contribution is -2.47. The van der Waals surface area contributed by atoms with Crippen molar-refractivity contribution in [3.8, 4) is 22.9 Å². The van der Waals surface area contributed by atoms with Crippen molar-refractivity contribution in [3.05, 3.63) is 119 Å². The highest BCUT2D eigenvalue weighted by Crippen LogP contribution is 2.41. The van der Waals surface area contributed by atoms with Gasteiger partial charge < -0.3 is 55.4 Å². The van der Waals surface area contributed by atoms with E-state index >= 15 is 4.39 Å². The van der Waals surface area contributed by atoms with Crippen molar-refractivity contribution in [2.75, 3.05) is 121 Å². The number of rotatable bonds is 27. The van der Waals surface area contributed by atoms with E-state index in [0.717, 1.165) is 144 Å². The number of ether oxygens (including phenoxy) is 2. The van der Waals surface area contributed by atoms with Crippen LogP contribution in [-0.2, 0) is 17.8 Å². The van der Waals surface area contributed by atoms with Crippen LogP contribution in [-0.4, -0.2) is 171 Å². The monoisotopic (exact) mass is 1110 g/mol. The third kappa shape index (κ3) is 15.2. The molecule has 3 aliphatic rings. The number of nitrogens with two attached hydrogens (primary N) is 1. The zero-order valence-corrected chi connectivity index (χ0v) is 47.3. The minimum atomic E-state index is -0.706. The molecule has 21 heteroatoms. The fourth-order valence-electron chi connectivity index (χ4n) is 10.7. The van der Waals surface area contributed by atoms with Gasteiger partial charge in [0.1, 0.15) is 41.9 Å². The Hall–Kier alpha value is -7.33. The first-order valence-corrected chi connectivity index (χ1v) is 28.6. The molecule has 0 bridgehead atoms. The Labute approximate surface area is 473 Å². The first-order chi connectivity index (χ1) is 39.4. The number of likely N-dealkylation sites (N-methyl/N-ethyl adjacent to an activating group) is 2. The summed E-state index contributed by atoms with van der Waals surface area (Å²) < 4.78 is 44.3. The third-order valence-corrected chi connectivity index (χ3v) is 15.7. The zero-order chi connectivity index (χ0) is 56.8. The topological polar surface area (TPSA) is 208 Å². The molecule has 1 atom stereocenters. The number of nitrogens with zero attached hydrogens (tertiary/aromatic N) is 11. The van der Waals surface area contributed by atoms with Crippen molar-refractivity contribution in [1.29, 1.82) is 0 Å². The predicted molar refractivity (Wildman–Crippen MR) is 311 cm³/mol. The number of aliphatic hydroxyl groups is 1. The van der Waals surface area contributed by atoms with Gasteiger partial charge in [0.2, 0.25) is 11.8 Å². The summed E-state index contributed by atoms with van der Waals surface area (Å²) in [4.78, 5) is 55.5. The SMILES string of the molecule is CCc1cnn2c(NCc3cccnc3OCCCN3CCN(CCCN(C)C/C=C/C(=O)N(C)CCOc4c(N)ncnc4-c4cc(F)cc(NC(=O)c5ccc(C6CC6)cc5F)c4C)CC3)cc(N3CCCC[C@H]3CCO)nc12. The number of aryl methyl sites for hydroxylation is 1. The van der Waals surface area contributed by atoms with Gasteiger partial charge in [0.05, 0.1) is 24.9 Å². The fourth-order valence-corrected chi connectivity index (χ4v) is 10.7. The maximum atomic E-state index is 15.1. The molecule has 4 aromatic heterocycles. The van der Waals surface area contributed by atoms with E-state index in [-0.39, 0.29) is 60.2 Å². The molecule has 2 aromatic carbocycles. The summed E-state index contributed by atoms with van der Waals surface area (Å²) in [5.74, 6) is 0.661. The number of amides is 2. The molecule has 1 aliphatic carbocycles. The number of anilines is 4. The second-order valence-electron chi connectivity index (χ2n) is 21.5. The standard InChI is InChI=1S/C60H78F2N14O5/c1-5-42-39-68-76-52(37-53(70-58(42)76)75-25-7-6-13-47(75)19-31-77)65-38-45-12-8-20-64-60(45)81-32-11-24-74-28-26-73(27-29-74)23-10-22-71(3)21-9-14-54(78)72(4)30-33-80-56-55(66-40-67-57(56)63)49-35-46(61)36-51(41(49)2)69-59(79)48-18-17-44(34-50(48)62)43-15-16-43/h8-9,12,14,17-18,20,34-37,39-40,43,47,65,77H,5-7,10-11,13,15-16,19,21-33,38H2,1-4H3,(H,69,79)(H2,63,66,67)/b14-9+/t47-/m0/s1. The van der Waals surface area contributed by atoms with E-state index in [4.69, 9.17) is 25.3 Å². The second-order valence-corrected chi connectivity index (χ2v) is 21.5. The number of piperazine rings is 1. The first-order valence-electron chi connectivity index (χ1n) is 28.6. The number of piperidine rings is 1. The second kappa shape index (κ2) is 27.9. The molecule has 432 valence electrons. The van der Waals surface area contributed by atoms with Gasteiger partial charge >= 0.3 is 0 Å². The van der Waals surface area contributed by atoms with Crippen LogP contribution in [0.1, 0.15) is 96.8 Å². The van der Waals surface area contributed by atoms with Crippen LogP contribution in [0.4, 0.5) is 31.9 Å². The van der Waals surface area contributed by atoms with E-state index in [2.05, 4.69) is 58.2 Å². The number of nitrogens with one attached hydrogen (secondary N) is 2. The van der Waals surface area contributed by atoms with E-state index in [1.807, 2.05) is 36.0 Å². The molecule has 2 aliphatic heterocycles. The lowest BCUT2D eigenvalue weighted by molar-refractivity contribution is -0.125. The molecule has 3 fully saturated rings. The maximum Gasteiger partial charge on any atom is 0.258 e. The number of fused-ring (bicyclic) bond motifs is 1. The van der Waals surface area contributed by atoms with Gasteiger partial charge in [-0.05, 0) is 132 Å². The normalized spacial score (nSPS) is 16.1. The quantitative estimate of drug-likeness (QED) is 0.0289. The van der Waals surface area contributed by atoms with E-state index in [1.165, 1.54) is 35.5 Å². The molecule has 5 N–H and O–H groups in total. The molecule has 0 spiro atoms. The Morgan fingerprint density at radius 3 is 2.48 bits per heavy atom. The highest BCUT2D eigenvalue weighted by Gasteiger charge is 2.28. The molecule has 2 saturated heterocycles. The average Bonchev–Trinajstić information content (AvgIpc) is 4.26. The Morgan fingerprint density at radius 2 is 1.72 bits per heavy atom.